The Kier molecular flexibility index (Phi) is 8.08. The van der Waals surface area contributed by atoms with Gasteiger partial charge in [-0.3, -0.25) is 9.59 Å². The molecular weight excluding hydrogens is 290 g/mol. The zero-order valence-electron chi connectivity index (χ0n) is 14.0. The van der Waals surface area contributed by atoms with Crippen LogP contribution in [-0.2, 0) is 19.1 Å². The molecule has 3 atom stereocenters. The Labute approximate surface area is 131 Å². The van der Waals surface area contributed by atoms with Gasteiger partial charge in [-0.2, -0.15) is 0 Å². The van der Waals surface area contributed by atoms with Crippen LogP contribution in [0.4, 0.5) is 0 Å². The number of nitrogens with zero attached hydrogens (tertiary/aromatic N) is 1. The van der Waals surface area contributed by atoms with Gasteiger partial charge in [-0.25, -0.2) is 0 Å². The van der Waals surface area contributed by atoms with Crippen LogP contribution in [0.3, 0.4) is 0 Å². The van der Waals surface area contributed by atoms with E-state index in [4.69, 9.17) is 9.84 Å². The molecule has 0 bridgehead atoms. The maximum Gasteiger partial charge on any atom is 0.306 e. The molecule has 0 aromatic heterocycles. The molecule has 0 rings (SSSR count). The molecule has 7 nitrogen and oxygen atoms in total. The second-order valence-corrected chi connectivity index (χ2v) is 6.95. The predicted octanol–water partition coefficient (Wildman–Crippen LogP) is -0.119. The highest BCUT2D eigenvalue weighted by Gasteiger charge is 2.24. The third-order valence-electron chi connectivity index (χ3n) is 3.14. The molecule has 0 saturated heterocycles. The van der Waals surface area contributed by atoms with Gasteiger partial charge in [-0.1, -0.05) is 13.8 Å². The minimum atomic E-state index is -1.27. The highest BCUT2D eigenvalue weighted by Crippen LogP contribution is 2.17. The second-order valence-electron chi connectivity index (χ2n) is 6.95. The second kappa shape index (κ2) is 8.73. The van der Waals surface area contributed by atoms with Crippen LogP contribution in [0.25, 0.3) is 0 Å². The number of likely N-dealkylation sites (N-methyl/N-ethyl adjacent to an activating group) is 1. The average Bonchev–Trinajstić information content (AvgIpc) is 2.23. The summed E-state index contributed by atoms with van der Waals surface area (Å²) >= 11 is 0. The number of carboxylic acid groups (broad SMARTS) is 2. The Morgan fingerprint density at radius 2 is 1.68 bits per heavy atom. The minimum absolute atomic E-state index is 0.0678. The fourth-order valence-corrected chi connectivity index (χ4v) is 2.25. The fraction of sp³-hybridized carbons (Fsp3) is 0.800. The fourth-order valence-electron chi connectivity index (χ4n) is 2.25. The lowest BCUT2D eigenvalue weighted by molar-refractivity contribution is -0.873. The van der Waals surface area contributed by atoms with E-state index in [0.29, 0.717) is 17.4 Å². The van der Waals surface area contributed by atoms with Gasteiger partial charge >= 0.3 is 11.9 Å². The third-order valence-corrected chi connectivity index (χ3v) is 3.14. The number of carboxylic acids is 2. The summed E-state index contributed by atoms with van der Waals surface area (Å²) in [5.74, 6) is -3.36. The Bertz CT molecular complexity index is 401. The molecule has 22 heavy (non-hydrogen) atoms. The molecule has 0 aliphatic rings. The lowest BCUT2D eigenvalue weighted by Crippen LogP contribution is -2.45. The molecular formula is C15H27NO6. The first-order chi connectivity index (χ1) is 9.90. The zero-order valence-corrected chi connectivity index (χ0v) is 14.0. The lowest BCUT2D eigenvalue weighted by Gasteiger charge is -2.29. The van der Waals surface area contributed by atoms with Crippen molar-refractivity contribution in [3.63, 3.8) is 0 Å². The molecule has 0 heterocycles. The van der Waals surface area contributed by atoms with Crippen molar-refractivity contribution in [1.29, 1.82) is 0 Å². The first-order valence-electron chi connectivity index (χ1n) is 7.33. The van der Waals surface area contributed by atoms with Crippen molar-refractivity contribution >= 4 is 17.9 Å². The van der Waals surface area contributed by atoms with Gasteiger partial charge in [0.2, 0.25) is 0 Å². The summed E-state index contributed by atoms with van der Waals surface area (Å²) in [6.07, 6.45) is -0.661. The molecule has 1 N–H and O–H groups in total. The average molecular weight is 317 g/mol. The predicted molar refractivity (Wildman–Crippen MR) is 77.6 cm³/mol. The van der Waals surface area contributed by atoms with Crippen molar-refractivity contribution in [1.82, 2.24) is 0 Å². The van der Waals surface area contributed by atoms with E-state index < -0.39 is 29.9 Å². The molecule has 0 spiro atoms. The standard InChI is InChI=1S/C15H27NO6/c1-10(6-11(2)15(20)21)7-14(19)22-12(8-13(17)18)9-16(3,4)5/h10-12H,6-9H2,1-5H3,(H-,17,18,20,21). The minimum Gasteiger partial charge on any atom is -0.550 e. The highest BCUT2D eigenvalue weighted by molar-refractivity contribution is 5.72. The van der Waals surface area contributed by atoms with E-state index >= 15 is 0 Å². The van der Waals surface area contributed by atoms with Crippen LogP contribution in [0.15, 0.2) is 0 Å². The maximum atomic E-state index is 11.9. The zero-order chi connectivity index (χ0) is 17.5. The number of rotatable bonds is 10. The molecule has 3 unspecified atom stereocenters. The SMILES string of the molecule is CC(CC(=O)OC(CC(=O)[O-])C[N+](C)(C)C)CC(C)C(=O)O. The van der Waals surface area contributed by atoms with E-state index in [1.54, 1.807) is 13.8 Å². The number of esters is 1. The van der Waals surface area contributed by atoms with E-state index in [2.05, 4.69) is 0 Å². The Balaban J connectivity index is 4.49. The normalized spacial score (nSPS) is 15.7. The number of hydrogen-bond donors (Lipinski definition) is 1. The number of aliphatic carboxylic acids is 2. The van der Waals surface area contributed by atoms with E-state index in [1.807, 2.05) is 21.1 Å². The van der Waals surface area contributed by atoms with Gasteiger partial charge in [0, 0.05) is 18.8 Å². The summed E-state index contributed by atoms with van der Waals surface area (Å²) in [6, 6.07) is 0. The molecule has 0 saturated carbocycles. The first kappa shape index (κ1) is 20.4. The monoisotopic (exact) mass is 317 g/mol. The van der Waals surface area contributed by atoms with E-state index in [-0.39, 0.29) is 18.8 Å². The Morgan fingerprint density at radius 1 is 1.14 bits per heavy atom. The van der Waals surface area contributed by atoms with Crippen molar-refractivity contribution in [2.45, 2.75) is 39.2 Å². The van der Waals surface area contributed by atoms with Crippen LogP contribution in [-0.4, -0.2) is 61.3 Å². The van der Waals surface area contributed by atoms with Crippen LogP contribution in [0.2, 0.25) is 0 Å². The van der Waals surface area contributed by atoms with Gasteiger partial charge in [-0.05, 0) is 12.3 Å². The molecule has 0 aliphatic carbocycles. The van der Waals surface area contributed by atoms with Gasteiger partial charge in [0.05, 0.1) is 27.1 Å². The van der Waals surface area contributed by atoms with Crippen LogP contribution in [0, 0.1) is 11.8 Å². The van der Waals surface area contributed by atoms with Crippen LogP contribution in [0.5, 0.6) is 0 Å². The highest BCUT2D eigenvalue weighted by atomic mass is 16.5. The Morgan fingerprint density at radius 3 is 2.09 bits per heavy atom. The molecule has 0 aliphatic heterocycles. The molecule has 128 valence electrons. The summed E-state index contributed by atoms with van der Waals surface area (Å²) in [6.45, 7) is 3.72. The Hall–Kier alpha value is -1.63. The van der Waals surface area contributed by atoms with Crippen LogP contribution < -0.4 is 5.11 Å². The number of carbonyl (C=O) groups is 3. The van der Waals surface area contributed by atoms with Gasteiger partial charge < -0.3 is 24.2 Å². The third kappa shape index (κ3) is 10.1. The summed E-state index contributed by atoms with van der Waals surface area (Å²) in [7, 11) is 5.61. The van der Waals surface area contributed by atoms with Gasteiger partial charge in [0.1, 0.15) is 6.54 Å². The molecule has 0 amide bonds. The van der Waals surface area contributed by atoms with E-state index in [0.717, 1.165) is 0 Å². The van der Waals surface area contributed by atoms with Gasteiger partial charge in [-0.15, -0.1) is 0 Å². The maximum absolute atomic E-state index is 11.9. The number of hydrogen-bond acceptors (Lipinski definition) is 5. The largest absolute Gasteiger partial charge is 0.550 e. The number of ether oxygens (including phenoxy) is 1. The topological polar surface area (TPSA) is 104 Å². The smallest absolute Gasteiger partial charge is 0.306 e. The molecule has 0 aromatic carbocycles. The molecule has 0 radical (unpaired) electrons. The van der Waals surface area contributed by atoms with Crippen molar-refractivity contribution in [2.24, 2.45) is 11.8 Å². The van der Waals surface area contributed by atoms with Crippen molar-refractivity contribution < 1.29 is 33.8 Å². The summed E-state index contributed by atoms with van der Waals surface area (Å²) in [4.78, 5) is 33.4. The van der Waals surface area contributed by atoms with E-state index in [9.17, 15) is 19.5 Å². The van der Waals surface area contributed by atoms with Crippen LogP contribution in [0.1, 0.15) is 33.1 Å². The summed E-state index contributed by atoms with van der Waals surface area (Å²) in [5.41, 5.74) is 0. The molecule has 7 heteroatoms. The lowest BCUT2D eigenvalue weighted by atomic mass is 9.95. The number of carbonyl (C=O) groups excluding carboxylic acids is 2. The first-order valence-corrected chi connectivity index (χ1v) is 7.33. The quantitative estimate of drug-likeness (QED) is 0.445. The van der Waals surface area contributed by atoms with Gasteiger partial charge in [0.15, 0.2) is 6.10 Å². The molecule has 0 fully saturated rings. The summed E-state index contributed by atoms with van der Waals surface area (Å²) < 4.78 is 5.68. The van der Waals surface area contributed by atoms with E-state index in [1.165, 1.54) is 0 Å². The van der Waals surface area contributed by atoms with Crippen molar-refractivity contribution in [2.75, 3.05) is 27.7 Å². The van der Waals surface area contributed by atoms with Crippen molar-refractivity contribution in [3.8, 4) is 0 Å². The molecule has 0 aromatic rings. The van der Waals surface area contributed by atoms with Crippen LogP contribution >= 0.6 is 0 Å². The van der Waals surface area contributed by atoms with Gasteiger partial charge in [0.25, 0.3) is 0 Å². The summed E-state index contributed by atoms with van der Waals surface area (Å²) in [5, 5.41) is 19.6. The number of quaternary nitrogens is 1. The van der Waals surface area contributed by atoms with Crippen molar-refractivity contribution in [3.05, 3.63) is 0 Å².